The van der Waals surface area contributed by atoms with E-state index in [-0.39, 0.29) is 19.2 Å². The van der Waals surface area contributed by atoms with Crippen molar-refractivity contribution < 1.29 is 33.6 Å². The summed E-state index contributed by atoms with van der Waals surface area (Å²) in [6, 6.07) is 0. The molecule has 0 amide bonds. The molecule has 2 rings (SSSR count). The molecule has 0 spiro atoms. The second kappa shape index (κ2) is 5.72. The minimum Gasteiger partial charge on any atom is -0.462 e. The highest BCUT2D eigenvalue weighted by molar-refractivity contribution is 5.75. The van der Waals surface area contributed by atoms with Crippen molar-refractivity contribution >= 4 is 5.97 Å². The van der Waals surface area contributed by atoms with E-state index < -0.39 is 35.3 Å². The van der Waals surface area contributed by atoms with Gasteiger partial charge in [-0.15, -0.1) is 0 Å². The summed E-state index contributed by atoms with van der Waals surface area (Å²) < 4.78 is 27.7. The van der Waals surface area contributed by atoms with Crippen LogP contribution in [0, 0.1) is 5.41 Å². The van der Waals surface area contributed by atoms with Crippen molar-refractivity contribution in [1.82, 2.24) is 0 Å². The molecule has 7 nitrogen and oxygen atoms in total. The van der Waals surface area contributed by atoms with Gasteiger partial charge in [-0.3, -0.25) is 4.79 Å². The standard InChI is InChI=1S/C15H26O7/c1-13(2,3)12(17)19-7-9-10(16)11-15(18-6,21-9)8-20-14(4,5)22-11/h9-11,16H,7-8H2,1-6H3/t9-,10-,11+,15+/m1/s1. The first kappa shape index (κ1) is 17.6. The van der Waals surface area contributed by atoms with Crippen LogP contribution < -0.4 is 0 Å². The largest absolute Gasteiger partial charge is 0.462 e. The number of hydrogen-bond acceptors (Lipinski definition) is 7. The average molecular weight is 318 g/mol. The zero-order chi connectivity index (χ0) is 16.8. The van der Waals surface area contributed by atoms with E-state index in [1.807, 2.05) is 0 Å². The summed E-state index contributed by atoms with van der Waals surface area (Å²) in [5, 5.41) is 10.5. The number of rotatable bonds is 3. The van der Waals surface area contributed by atoms with Crippen LogP contribution >= 0.6 is 0 Å². The van der Waals surface area contributed by atoms with Crippen LogP contribution in [0.25, 0.3) is 0 Å². The molecule has 0 bridgehead atoms. The molecule has 0 saturated carbocycles. The zero-order valence-electron chi connectivity index (χ0n) is 14.0. The van der Waals surface area contributed by atoms with Crippen molar-refractivity contribution in [2.45, 2.75) is 64.5 Å². The number of carbonyl (C=O) groups is 1. The van der Waals surface area contributed by atoms with Gasteiger partial charge in [0.05, 0.1) is 5.41 Å². The molecule has 2 aliphatic rings. The third-order valence-corrected chi connectivity index (χ3v) is 3.84. The number of hydrogen-bond donors (Lipinski definition) is 1. The molecular formula is C15H26O7. The van der Waals surface area contributed by atoms with Gasteiger partial charge in [0.15, 0.2) is 5.79 Å². The summed E-state index contributed by atoms with van der Waals surface area (Å²) in [6.45, 7) is 8.86. The molecule has 0 radical (unpaired) electrons. The molecule has 1 N–H and O–H groups in total. The highest BCUT2D eigenvalue weighted by Gasteiger charge is 2.61. The van der Waals surface area contributed by atoms with Gasteiger partial charge in [0.2, 0.25) is 5.79 Å². The predicted molar refractivity (Wildman–Crippen MR) is 75.9 cm³/mol. The summed E-state index contributed by atoms with van der Waals surface area (Å²) >= 11 is 0. The fourth-order valence-electron chi connectivity index (χ4n) is 2.47. The number of ether oxygens (including phenoxy) is 5. The van der Waals surface area contributed by atoms with Crippen molar-refractivity contribution in [3.8, 4) is 0 Å². The van der Waals surface area contributed by atoms with Gasteiger partial charge in [0.25, 0.3) is 0 Å². The Bertz CT molecular complexity index is 428. The lowest BCUT2D eigenvalue weighted by molar-refractivity contribution is -0.384. The fraction of sp³-hybridized carbons (Fsp3) is 0.933. The number of esters is 1. The summed E-state index contributed by atoms with van der Waals surface area (Å²) in [7, 11) is 1.47. The quantitative estimate of drug-likeness (QED) is 0.772. The van der Waals surface area contributed by atoms with Crippen molar-refractivity contribution in [3.63, 3.8) is 0 Å². The molecule has 0 aromatic carbocycles. The van der Waals surface area contributed by atoms with Crippen LogP contribution in [-0.4, -0.2) is 61.3 Å². The van der Waals surface area contributed by atoms with Crippen LogP contribution in [0.3, 0.4) is 0 Å². The SMILES string of the molecule is CO[C@]12COC(C)(C)O[C@H]1[C@H](O)[C@@H](COC(=O)C(C)(C)C)O2. The molecule has 0 aromatic heterocycles. The van der Waals surface area contributed by atoms with Gasteiger partial charge in [0.1, 0.15) is 31.5 Å². The third-order valence-electron chi connectivity index (χ3n) is 3.84. The molecule has 2 fully saturated rings. The molecule has 2 saturated heterocycles. The van der Waals surface area contributed by atoms with E-state index in [4.69, 9.17) is 23.7 Å². The maximum Gasteiger partial charge on any atom is 0.311 e. The molecule has 2 heterocycles. The number of methoxy groups -OCH3 is 1. The summed E-state index contributed by atoms with van der Waals surface area (Å²) in [6.07, 6.45) is -2.41. The van der Waals surface area contributed by atoms with Gasteiger partial charge in [-0.05, 0) is 34.6 Å². The van der Waals surface area contributed by atoms with Gasteiger partial charge < -0.3 is 28.8 Å². The van der Waals surface area contributed by atoms with Crippen molar-refractivity contribution in [1.29, 1.82) is 0 Å². The van der Waals surface area contributed by atoms with E-state index in [1.54, 1.807) is 34.6 Å². The van der Waals surface area contributed by atoms with E-state index in [9.17, 15) is 9.90 Å². The normalized spacial score (nSPS) is 37.7. The van der Waals surface area contributed by atoms with E-state index in [2.05, 4.69) is 0 Å². The smallest absolute Gasteiger partial charge is 0.311 e. The second-order valence-corrected chi connectivity index (χ2v) is 7.24. The van der Waals surface area contributed by atoms with Gasteiger partial charge in [-0.2, -0.15) is 0 Å². The minimum absolute atomic E-state index is 0.0668. The molecular weight excluding hydrogens is 292 g/mol. The Morgan fingerprint density at radius 2 is 1.95 bits per heavy atom. The lowest BCUT2D eigenvalue weighted by Crippen LogP contribution is -2.59. The Labute approximate surface area is 130 Å². The lowest BCUT2D eigenvalue weighted by Gasteiger charge is -2.44. The number of carbonyl (C=O) groups excluding carboxylic acids is 1. The molecule has 0 aliphatic carbocycles. The summed E-state index contributed by atoms with van der Waals surface area (Å²) in [4.78, 5) is 11.8. The van der Waals surface area contributed by atoms with Crippen LogP contribution in [0.5, 0.6) is 0 Å². The van der Waals surface area contributed by atoms with Crippen molar-refractivity contribution in [2.75, 3.05) is 20.3 Å². The lowest BCUT2D eigenvalue weighted by atomic mass is 9.97. The number of fused-ring (bicyclic) bond motifs is 1. The average Bonchev–Trinajstić information content (AvgIpc) is 2.68. The third kappa shape index (κ3) is 3.28. The van der Waals surface area contributed by atoms with Crippen LogP contribution in [0.2, 0.25) is 0 Å². The minimum atomic E-state index is -1.19. The Kier molecular flexibility index (Phi) is 4.58. The zero-order valence-corrected chi connectivity index (χ0v) is 14.0. The predicted octanol–water partition coefficient (Wildman–Crippen LogP) is 0.830. The van der Waals surface area contributed by atoms with Crippen LogP contribution in [0.4, 0.5) is 0 Å². The topological polar surface area (TPSA) is 83.5 Å². The highest BCUT2D eigenvalue weighted by Crippen LogP contribution is 2.41. The van der Waals surface area contributed by atoms with E-state index >= 15 is 0 Å². The Morgan fingerprint density at radius 3 is 2.50 bits per heavy atom. The van der Waals surface area contributed by atoms with Gasteiger partial charge >= 0.3 is 5.97 Å². The Hall–Kier alpha value is -0.730. The molecule has 7 heteroatoms. The molecule has 128 valence electrons. The van der Waals surface area contributed by atoms with Crippen molar-refractivity contribution in [2.24, 2.45) is 5.41 Å². The molecule has 0 unspecified atom stereocenters. The van der Waals surface area contributed by atoms with Gasteiger partial charge in [-0.25, -0.2) is 0 Å². The van der Waals surface area contributed by atoms with Gasteiger partial charge in [0, 0.05) is 7.11 Å². The first-order chi connectivity index (χ1) is 10.0. The first-order valence-corrected chi connectivity index (χ1v) is 7.41. The highest BCUT2D eigenvalue weighted by atomic mass is 16.8. The van der Waals surface area contributed by atoms with E-state index in [0.717, 1.165) is 0 Å². The Morgan fingerprint density at radius 1 is 1.32 bits per heavy atom. The monoisotopic (exact) mass is 318 g/mol. The second-order valence-electron chi connectivity index (χ2n) is 7.24. The molecule has 2 aliphatic heterocycles. The van der Waals surface area contributed by atoms with Crippen molar-refractivity contribution in [3.05, 3.63) is 0 Å². The first-order valence-electron chi connectivity index (χ1n) is 7.41. The molecule has 4 atom stereocenters. The van der Waals surface area contributed by atoms with Crippen LogP contribution in [-0.2, 0) is 28.5 Å². The van der Waals surface area contributed by atoms with Gasteiger partial charge in [-0.1, -0.05) is 0 Å². The maximum atomic E-state index is 11.8. The molecule has 0 aromatic rings. The summed E-state index contributed by atoms with van der Waals surface area (Å²) in [5.41, 5.74) is -0.614. The van der Waals surface area contributed by atoms with E-state index in [0.29, 0.717) is 0 Å². The fourth-order valence-corrected chi connectivity index (χ4v) is 2.47. The maximum absolute atomic E-state index is 11.8. The summed E-state index contributed by atoms with van der Waals surface area (Å²) in [5.74, 6) is -2.39. The van der Waals surface area contributed by atoms with E-state index in [1.165, 1.54) is 7.11 Å². The number of aliphatic hydroxyl groups is 1. The van der Waals surface area contributed by atoms with Crippen LogP contribution in [0.1, 0.15) is 34.6 Å². The molecule has 22 heavy (non-hydrogen) atoms. The van der Waals surface area contributed by atoms with Crippen LogP contribution in [0.15, 0.2) is 0 Å². The number of aliphatic hydroxyl groups excluding tert-OH is 1. The Balaban J connectivity index is 2.06.